The van der Waals surface area contributed by atoms with Gasteiger partial charge < -0.3 is 9.64 Å². The van der Waals surface area contributed by atoms with Crippen molar-refractivity contribution in [2.75, 3.05) is 19.7 Å². The predicted octanol–water partition coefficient (Wildman–Crippen LogP) is 2.66. The monoisotopic (exact) mass is 331 g/mol. The fourth-order valence-corrected chi connectivity index (χ4v) is 4.51. The molecule has 2 atom stereocenters. The standard InChI is InChI=1S/C17H21N3O2S/c1-19-10-14(9-18-19)13-8-17(22-11-13)5-3-6-20(12-17)16(21)15-4-2-7-23-15/h2,4,7,9-10,13H,3,5-6,8,11-12H2,1H3. The molecule has 2 fully saturated rings. The zero-order valence-electron chi connectivity index (χ0n) is 13.3. The van der Waals surface area contributed by atoms with Gasteiger partial charge >= 0.3 is 0 Å². The number of piperidine rings is 1. The zero-order chi connectivity index (χ0) is 15.9. The molecule has 0 saturated carbocycles. The van der Waals surface area contributed by atoms with Gasteiger partial charge in [-0.2, -0.15) is 5.10 Å². The summed E-state index contributed by atoms with van der Waals surface area (Å²) in [7, 11) is 1.94. The van der Waals surface area contributed by atoms with Crippen LogP contribution >= 0.6 is 11.3 Å². The highest BCUT2D eigenvalue weighted by Gasteiger charge is 2.45. The van der Waals surface area contributed by atoms with E-state index in [0.717, 1.165) is 37.3 Å². The number of carbonyl (C=O) groups excluding carboxylic acids is 1. The third kappa shape index (κ3) is 2.81. The van der Waals surface area contributed by atoms with Crippen molar-refractivity contribution in [1.29, 1.82) is 0 Å². The molecule has 5 nitrogen and oxygen atoms in total. The third-order valence-corrected chi connectivity index (χ3v) is 5.82. The first kappa shape index (κ1) is 14.9. The smallest absolute Gasteiger partial charge is 0.264 e. The molecule has 1 spiro atoms. The van der Waals surface area contributed by atoms with Crippen molar-refractivity contribution in [2.24, 2.45) is 7.05 Å². The van der Waals surface area contributed by atoms with Gasteiger partial charge in [0.05, 0.1) is 29.8 Å². The Morgan fingerprint density at radius 1 is 1.52 bits per heavy atom. The summed E-state index contributed by atoms with van der Waals surface area (Å²) in [5.74, 6) is 0.535. The maximum Gasteiger partial charge on any atom is 0.264 e. The van der Waals surface area contributed by atoms with Crippen LogP contribution in [0.25, 0.3) is 0 Å². The first-order valence-electron chi connectivity index (χ1n) is 8.10. The molecule has 122 valence electrons. The number of aryl methyl sites for hydroxylation is 1. The minimum Gasteiger partial charge on any atom is -0.372 e. The van der Waals surface area contributed by atoms with Gasteiger partial charge in [-0.15, -0.1) is 11.3 Å². The molecule has 2 aromatic heterocycles. The third-order valence-electron chi connectivity index (χ3n) is 4.96. The quantitative estimate of drug-likeness (QED) is 0.850. The number of amides is 1. The molecule has 0 aliphatic carbocycles. The topological polar surface area (TPSA) is 47.4 Å². The average molecular weight is 331 g/mol. The normalized spacial score (nSPS) is 27.7. The van der Waals surface area contributed by atoms with Crippen molar-refractivity contribution in [1.82, 2.24) is 14.7 Å². The molecule has 2 unspecified atom stereocenters. The van der Waals surface area contributed by atoms with Crippen LogP contribution in [0.4, 0.5) is 0 Å². The fourth-order valence-electron chi connectivity index (χ4n) is 3.82. The van der Waals surface area contributed by atoms with Gasteiger partial charge in [0.1, 0.15) is 0 Å². The molecule has 2 aromatic rings. The number of carbonyl (C=O) groups is 1. The molecule has 0 radical (unpaired) electrons. The molecule has 1 amide bonds. The summed E-state index contributed by atoms with van der Waals surface area (Å²) in [6.45, 7) is 2.27. The highest BCUT2D eigenvalue weighted by Crippen LogP contribution is 2.41. The maximum absolute atomic E-state index is 12.6. The number of rotatable bonds is 2. The Morgan fingerprint density at radius 2 is 2.43 bits per heavy atom. The molecule has 4 heterocycles. The van der Waals surface area contributed by atoms with Crippen LogP contribution in [-0.2, 0) is 11.8 Å². The van der Waals surface area contributed by atoms with E-state index < -0.39 is 0 Å². The van der Waals surface area contributed by atoms with E-state index in [-0.39, 0.29) is 11.5 Å². The van der Waals surface area contributed by atoms with Crippen LogP contribution in [-0.4, -0.2) is 45.9 Å². The number of nitrogens with zero attached hydrogens (tertiary/aromatic N) is 3. The molecule has 0 aromatic carbocycles. The molecule has 0 N–H and O–H groups in total. The minimum absolute atomic E-state index is 0.146. The SMILES string of the molecule is Cn1cc(C2COC3(CCCN(C(=O)c4cccs4)C3)C2)cn1. The highest BCUT2D eigenvalue weighted by molar-refractivity contribution is 7.12. The van der Waals surface area contributed by atoms with Gasteiger partial charge in [0.25, 0.3) is 5.91 Å². The van der Waals surface area contributed by atoms with Crippen molar-refractivity contribution < 1.29 is 9.53 Å². The Hall–Kier alpha value is -1.66. The van der Waals surface area contributed by atoms with Crippen LogP contribution < -0.4 is 0 Å². The van der Waals surface area contributed by atoms with E-state index in [0.29, 0.717) is 12.5 Å². The van der Waals surface area contributed by atoms with Crippen molar-refractivity contribution in [3.63, 3.8) is 0 Å². The molecule has 23 heavy (non-hydrogen) atoms. The summed E-state index contributed by atoms with van der Waals surface area (Å²) < 4.78 is 8.07. The lowest BCUT2D eigenvalue weighted by Gasteiger charge is -2.39. The second-order valence-corrected chi connectivity index (χ2v) is 7.60. The minimum atomic E-state index is -0.175. The van der Waals surface area contributed by atoms with Gasteiger partial charge in [-0.3, -0.25) is 9.48 Å². The van der Waals surface area contributed by atoms with Crippen LogP contribution in [0.2, 0.25) is 0 Å². The van der Waals surface area contributed by atoms with E-state index in [4.69, 9.17) is 4.74 Å². The lowest BCUT2D eigenvalue weighted by molar-refractivity contribution is -0.0446. The summed E-state index contributed by atoms with van der Waals surface area (Å²) in [6.07, 6.45) is 7.04. The molecule has 0 bridgehead atoms. The Labute approximate surface area is 139 Å². The van der Waals surface area contributed by atoms with E-state index >= 15 is 0 Å². The van der Waals surface area contributed by atoms with Crippen LogP contribution in [0.3, 0.4) is 0 Å². The van der Waals surface area contributed by atoms with Crippen molar-refractivity contribution in [3.05, 3.63) is 40.3 Å². The summed E-state index contributed by atoms with van der Waals surface area (Å²) >= 11 is 1.51. The van der Waals surface area contributed by atoms with E-state index in [1.165, 1.54) is 16.9 Å². The lowest BCUT2D eigenvalue weighted by Crippen LogP contribution is -2.49. The van der Waals surface area contributed by atoms with Crippen LogP contribution in [0.5, 0.6) is 0 Å². The fraction of sp³-hybridized carbons (Fsp3) is 0.529. The first-order chi connectivity index (χ1) is 11.2. The van der Waals surface area contributed by atoms with Crippen LogP contribution in [0.15, 0.2) is 29.9 Å². The molecule has 2 aliphatic rings. The molecule has 2 saturated heterocycles. The molecule has 2 aliphatic heterocycles. The van der Waals surface area contributed by atoms with Gasteiger partial charge in [0, 0.05) is 25.7 Å². The van der Waals surface area contributed by atoms with Crippen molar-refractivity contribution in [2.45, 2.75) is 30.8 Å². The Bertz CT molecular complexity index is 697. The number of hydrogen-bond acceptors (Lipinski definition) is 4. The molecule has 4 rings (SSSR count). The van der Waals surface area contributed by atoms with E-state index in [1.807, 2.05) is 40.3 Å². The predicted molar refractivity (Wildman–Crippen MR) is 88.7 cm³/mol. The van der Waals surface area contributed by atoms with E-state index in [2.05, 4.69) is 11.3 Å². The van der Waals surface area contributed by atoms with Gasteiger partial charge in [-0.05, 0) is 36.3 Å². The summed E-state index contributed by atoms with van der Waals surface area (Å²) in [4.78, 5) is 15.4. The van der Waals surface area contributed by atoms with Crippen LogP contribution in [0, 0.1) is 0 Å². The Balaban J connectivity index is 1.48. The first-order valence-corrected chi connectivity index (χ1v) is 8.98. The van der Waals surface area contributed by atoms with Gasteiger partial charge in [-0.25, -0.2) is 0 Å². The Morgan fingerprint density at radius 3 is 3.17 bits per heavy atom. The maximum atomic E-state index is 12.6. The van der Waals surface area contributed by atoms with Crippen LogP contribution in [0.1, 0.15) is 40.4 Å². The second-order valence-electron chi connectivity index (χ2n) is 6.65. The summed E-state index contributed by atoms with van der Waals surface area (Å²) in [5.41, 5.74) is 1.07. The second kappa shape index (κ2) is 5.76. The number of aromatic nitrogens is 2. The van der Waals surface area contributed by atoms with E-state index in [9.17, 15) is 4.79 Å². The lowest BCUT2D eigenvalue weighted by atomic mass is 9.85. The van der Waals surface area contributed by atoms with Gasteiger partial charge in [0.15, 0.2) is 0 Å². The molecular weight excluding hydrogens is 310 g/mol. The molecule has 6 heteroatoms. The van der Waals surface area contributed by atoms with Crippen molar-refractivity contribution >= 4 is 17.2 Å². The largest absolute Gasteiger partial charge is 0.372 e. The number of ether oxygens (including phenoxy) is 1. The van der Waals surface area contributed by atoms with E-state index in [1.54, 1.807) is 0 Å². The van der Waals surface area contributed by atoms with Gasteiger partial charge in [0.2, 0.25) is 0 Å². The van der Waals surface area contributed by atoms with Gasteiger partial charge in [-0.1, -0.05) is 6.07 Å². The number of likely N-dealkylation sites (tertiary alicyclic amines) is 1. The average Bonchev–Trinajstić information content (AvgIpc) is 3.28. The Kier molecular flexibility index (Phi) is 3.73. The highest BCUT2D eigenvalue weighted by atomic mass is 32.1. The number of hydrogen-bond donors (Lipinski definition) is 0. The zero-order valence-corrected chi connectivity index (χ0v) is 14.1. The number of thiophene rings is 1. The summed E-state index contributed by atoms with van der Waals surface area (Å²) in [5, 5.41) is 6.23. The molecular formula is C17H21N3O2S. The summed E-state index contributed by atoms with van der Waals surface area (Å²) in [6, 6.07) is 3.84. The van der Waals surface area contributed by atoms with Crippen molar-refractivity contribution in [3.8, 4) is 0 Å².